The zero-order valence-electron chi connectivity index (χ0n) is 13.3. The topological polar surface area (TPSA) is 40.5 Å². The predicted molar refractivity (Wildman–Crippen MR) is 79.2 cm³/mol. The first-order valence-corrected chi connectivity index (χ1v) is 7.66. The van der Waals surface area contributed by atoms with Crippen molar-refractivity contribution in [2.24, 2.45) is 17.3 Å². The van der Waals surface area contributed by atoms with Crippen LogP contribution < -0.4 is 0 Å². The van der Waals surface area contributed by atoms with Crippen LogP contribution in [0, 0.1) is 17.3 Å². The first-order chi connectivity index (χ1) is 8.70. The molecule has 1 rings (SSSR count). The molecule has 1 aliphatic rings. The molecule has 0 spiro atoms. The van der Waals surface area contributed by atoms with E-state index in [9.17, 15) is 4.79 Å². The molecule has 1 aliphatic carbocycles. The van der Waals surface area contributed by atoms with Gasteiger partial charge in [0, 0.05) is 12.6 Å². The number of aliphatic carboxylic acids is 1. The minimum Gasteiger partial charge on any atom is -0.480 e. The molecule has 0 atom stereocenters. The summed E-state index contributed by atoms with van der Waals surface area (Å²) in [4.78, 5) is 13.2. The predicted octanol–water partition coefficient (Wildman–Crippen LogP) is 3.63. The number of carboxylic acids is 1. The van der Waals surface area contributed by atoms with Crippen molar-refractivity contribution in [3.63, 3.8) is 0 Å². The Balaban J connectivity index is 2.56. The van der Waals surface area contributed by atoms with Gasteiger partial charge in [-0.1, -0.05) is 34.6 Å². The van der Waals surface area contributed by atoms with Gasteiger partial charge < -0.3 is 5.11 Å². The van der Waals surface area contributed by atoms with Crippen LogP contribution in [0.2, 0.25) is 0 Å². The van der Waals surface area contributed by atoms with Gasteiger partial charge in [0.15, 0.2) is 0 Å². The van der Waals surface area contributed by atoms with Crippen LogP contribution >= 0.6 is 0 Å². The van der Waals surface area contributed by atoms with Gasteiger partial charge in [0.2, 0.25) is 0 Å². The molecule has 112 valence electrons. The lowest BCUT2D eigenvalue weighted by Gasteiger charge is -2.41. The van der Waals surface area contributed by atoms with Crippen molar-refractivity contribution in [2.45, 2.75) is 66.3 Å². The Bertz CT molecular complexity index is 286. The Kier molecular flexibility index (Phi) is 5.84. The van der Waals surface area contributed by atoms with E-state index in [4.69, 9.17) is 5.11 Å². The van der Waals surface area contributed by atoms with Crippen molar-refractivity contribution in [2.75, 3.05) is 13.1 Å². The van der Waals surface area contributed by atoms with Crippen LogP contribution in [0.15, 0.2) is 0 Å². The molecule has 1 fully saturated rings. The third kappa shape index (κ3) is 5.52. The highest BCUT2D eigenvalue weighted by atomic mass is 16.4. The Morgan fingerprint density at radius 1 is 1.21 bits per heavy atom. The highest BCUT2D eigenvalue weighted by Gasteiger charge is 2.32. The van der Waals surface area contributed by atoms with E-state index in [2.05, 4.69) is 39.5 Å². The summed E-state index contributed by atoms with van der Waals surface area (Å²) in [5.41, 5.74) is 0.390. The number of hydrogen-bond acceptors (Lipinski definition) is 2. The molecule has 0 radical (unpaired) electrons. The minimum absolute atomic E-state index is 0.197. The third-order valence-electron chi connectivity index (χ3n) is 4.38. The first kappa shape index (κ1) is 16.5. The number of rotatable bonds is 5. The number of carbonyl (C=O) groups is 1. The average molecular weight is 269 g/mol. The Morgan fingerprint density at radius 2 is 1.74 bits per heavy atom. The quantitative estimate of drug-likeness (QED) is 0.828. The minimum atomic E-state index is -0.696. The Hall–Kier alpha value is -0.570. The smallest absolute Gasteiger partial charge is 0.317 e. The molecule has 0 heterocycles. The molecule has 1 saturated carbocycles. The summed E-state index contributed by atoms with van der Waals surface area (Å²) in [5, 5.41) is 9.07. The van der Waals surface area contributed by atoms with Crippen molar-refractivity contribution in [1.29, 1.82) is 0 Å². The van der Waals surface area contributed by atoms with Crippen LogP contribution in [0.4, 0.5) is 0 Å². The van der Waals surface area contributed by atoms with Gasteiger partial charge in [-0.2, -0.15) is 0 Å². The summed E-state index contributed by atoms with van der Waals surface area (Å²) in [6.07, 6.45) is 4.79. The van der Waals surface area contributed by atoms with Crippen molar-refractivity contribution in [3.8, 4) is 0 Å². The molecular formula is C16H31NO2. The van der Waals surface area contributed by atoms with E-state index < -0.39 is 5.97 Å². The average Bonchev–Trinajstić information content (AvgIpc) is 2.26. The number of carboxylic acid groups (broad SMARTS) is 1. The lowest BCUT2D eigenvalue weighted by Crippen LogP contribution is -2.44. The van der Waals surface area contributed by atoms with Crippen molar-refractivity contribution < 1.29 is 9.90 Å². The van der Waals surface area contributed by atoms with E-state index in [0.717, 1.165) is 25.3 Å². The van der Waals surface area contributed by atoms with Crippen molar-refractivity contribution in [1.82, 2.24) is 4.90 Å². The van der Waals surface area contributed by atoms with Crippen LogP contribution in [0.3, 0.4) is 0 Å². The summed E-state index contributed by atoms with van der Waals surface area (Å²) in [6.45, 7) is 12.4. The summed E-state index contributed by atoms with van der Waals surface area (Å²) in [7, 11) is 0. The largest absolute Gasteiger partial charge is 0.480 e. The van der Waals surface area contributed by atoms with E-state index in [1.54, 1.807) is 0 Å². The standard InChI is InChI=1S/C16H31NO2/c1-12(2)10-17(11-15(18)19)14-8-6-13(7-9-14)16(3,4)5/h12-14H,6-11H2,1-5H3,(H,18,19). The molecule has 0 aliphatic heterocycles. The molecule has 0 aromatic rings. The fourth-order valence-electron chi connectivity index (χ4n) is 3.29. The van der Waals surface area contributed by atoms with Gasteiger partial charge in [0.1, 0.15) is 0 Å². The molecule has 0 bridgehead atoms. The van der Waals surface area contributed by atoms with Gasteiger partial charge in [-0.15, -0.1) is 0 Å². The maximum Gasteiger partial charge on any atom is 0.317 e. The monoisotopic (exact) mass is 269 g/mol. The molecule has 19 heavy (non-hydrogen) atoms. The molecule has 0 unspecified atom stereocenters. The fourth-order valence-corrected chi connectivity index (χ4v) is 3.29. The van der Waals surface area contributed by atoms with Gasteiger partial charge in [-0.05, 0) is 42.9 Å². The molecule has 0 amide bonds. The molecule has 3 nitrogen and oxygen atoms in total. The van der Waals surface area contributed by atoms with Crippen LogP contribution in [-0.2, 0) is 4.79 Å². The van der Waals surface area contributed by atoms with E-state index in [-0.39, 0.29) is 6.54 Å². The van der Waals surface area contributed by atoms with Gasteiger partial charge in [-0.25, -0.2) is 0 Å². The zero-order valence-corrected chi connectivity index (χ0v) is 13.3. The fraction of sp³-hybridized carbons (Fsp3) is 0.938. The summed E-state index contributed by atoms with van der Waals surface area (Å²) in [5.74, 6) is 0.618. The zero-order chi connectivity index (χ0) is 14.6. The van der Waals surface area contributed by atoms with Gasteiger partial charge in [0.25, 0.3) is 0 Å². The lowest BCUT2D eigenvalue weighted by molar-refractivity contribution is -0.139. The Labute approximate surface area is 118 Å². The van der Waals surface area contributed by atoms with E-state index in [1.165, 1.54) is 12.8 Å². The van der Waals surface area contributed by atoms with E-state index in [0.29, 0.717) is 17.4 Å². The summed E-state index contributed by atoms with van der Waals surface area (Å²) in [6, 6.07) is 0.470. The van der Waals surface area contributed by atoms with E-state index >= 15 is 0 Å². The second-order valence-electron chi connectivity index (χ2n) is 7.59. The third-order valence-corrected chi connectivity index (χ3v) is 4.38. The number of hydrogen-bond donors (Lipinski definition) is 1. The van der Waals surface area contributed by atoms with Crippen molar-refractivity contribution in [3.05, 3.63) is 0 Å². The molecule has 0 aromatic carbocycles. The molecule has 3 heteroatoms. The molecule has 1 N–H and O–H groups in total. The second kappa shape index (κ2) is 6.74. The van der Waals surface area contributed by atoms with Gasteiger partial charge in [0.05, 0.1) is 6.54 Å². The SMILES string of the molecule is CC(C)CN(CC(=O)O)C1CCC(C(C)(C)C)CC1. The normalized spacial score (nSPS) is 25.0. The lowest BCUT2D eigenvalue weighted by atomic mass is 9.71. The van der Waals surface area contributed by atoms with Crippen LogP contribution in [0.1, 0.15) is 60.3 Å². The first-order valence-electron chi connectivity index (χ1n) is 7.66. The molecule has 0 aromatic heterocycles. The molecule has 0 saturated heterocycles. The van der Waals surface area contributed by atoms with Crippen LogP contribution in [0.5, 0.6) is 0 Å². The van der Waals surface area contributed by atoms with Gasteiger partial charge >= 0.3 is 5.97 Å². The highest BCUT2D eigenvalue weighted by Crippen LogP contribution is 2.39. The summed E-state index contributed by atoms with van der Waals surface area (Å²) < 4.78 is 0. The highest BCUT2D eigenvalue weighted by molar-refractivity contribution is 5.69. The second-order valence-corrected chi connectivity index (χ2v) is 7.59. The number of nitrogens with zero attached hydrogens (tertiary/aromatic N) is 1. The maximum absolute atomic E-state index is 11.0. The van der Waals surface area contributed by atoms with Gasteiger partial charge in [-0.3, -0.25) is 9.69 Å². The van der Waals surface area contributed by atoms with Crippen LogP contribution in [-0.4, -0.2) is 35.1 Å². The maximum atomic E-state index is 11.0. The van der Waals surface area contributed by atoms with Crippen molar-refractivity contribution >= 4 is 5.97 Å². The molecular weight excluding hydrogens is 238 g/mol. The Morgan fingerprint density at radius 3 is 2.11 bits per heavy atom. The van der Waals surface area contributed by atoms with E-state index in [1.807, 2.05) is 0 Å². The summed E-state index contributed by atoms with van der Waals surface area (Å²) >= 11 is 0. The van der Waals surface area contributed by atoms with Crippen LogP contribution in [0.25, 0.3) is 0 Å².